The van der Waals surface area contributed by atoms with E-state index in [9.17, 15) is 19.5 Å². The van der Waals surface area contributed by atoms with Crippen LogP contribution in [0.5, 0.6) is 5.75 Å². The normalized spacial score (nSPS) is 21.9. The van der Waals surface area contributed by atoms with Crippen molar-refractivity contribution in [2.75, 3.05) is 7.11 Å². The molecule has 7 heteroatoms. The minimum Gasteiger partial charge on any atom is -0.489 e. The number of methoxy groups -OCH3 is 1. The summed E-state index contributed by atoms with van der Waals surface area (Å²) in [7, 11) is 1.28. The van der Waals surface area contributed by atoms with Crippen molar-refractivity contribution >= 4 is 17.8 Å². The Labute approximate surface area is 200 Å². The summed E-state index contributed by atoms with van der Waals surface area (Å²) in [4.78, 5) is 37.4. The highest BCUT2D eigenvalue weighted by Crippen LogP contribution is 2.56. The number of aliphatic carboxylic acids is 1. The van der Waals surface area contributed by atoms with Crippen LogP contribution in [0.3, 0.4) is 0 Å². The highest BCUT2D eigenvalue weighted by atomic mass is 16.5. The van der Waals surface area contributed by atoms with E-state index in [0.717, 1.165) is 11.1 Å². The number of hydrogen-bond donors (Lipinski definition) is 2. The lowest BCUT2D eigenvalue weighted by Crippen LogP contribution is -2.50. The maximum Gasteiger partial charge on any atom is 0.328 e. The molecule has 0 aromatic heterocycles. The molecule has 1 fully saturated rings. The molecule has 7 nitrogen and oxygen atoms in total. The first-order chi connectivity index (χ1) is 16.1. The van der Waals surface area contributed by atoms with Crippen molar-refractivity contribution in [3.05, 3.63) is 65.7 Å². The zero-order valence-corrected chi connectivity index (χ0v) is 20.2. The van der Waals surface area contributed by atoms with Gasteiger partial charge in [0.05, 0.1) is 12.5 Å². The standard InChI is InChI=1S/C27H33NO6/c1-26(2)21(14-15-27(26,3)25(31)32)23(29)28-22(24(30)33-4)16-18-10-12-20(13-11-18)34-17-19-8-6-5-7-9-19/h5-13,21-22H,14-17H2,1-4H3,(H,28,29)(H,31,32). The van der Waals surface area contributed by atoms with Gasteiger partial charge in [0.1, 0.15) is 18.4 Å². The second-order valence-electron chi connectivity index (χ2n) is 9.66. The van der Waals surface area contributed by atoms with Crippen LogP contribution >= 0.6 is 0 Å². The average Bonchev–Trinajstić information content (AvgIpc) is 3.08. The van der Waals surface area contributed by atoms with Gasteiger partial charge in [-0.05, 0) is 48.4 Å². The Bertz CT molecular complexity index is 1020. The van der Waals surface area contributed by atoms with Crippen LogP contribution in [0.15, 0.2) is 54.6 Å². The van der Waals surface area contributed by atoms with E-state index in [2.05, 4.69) is 5.32 Å². The smallest absolute Gasteiger partial charge is 0.328 e. The molecule has 0 saturated heterocycles. The van der Waals surface area contributed by atoms with E-state index >= 15 is 0 Å². The first-order valence-electron chi connectivity index (χ1n) is 11.5. The van der Waals surface area contributed by atoms with E-state index in [4.69, 9.17) is 9.47 Å². The Morgan fingerprint density at radius 1 is 1.03 bits per heavy atom. The van der Waals surface area contributed by atoms with Gasteiger partial charge in [0.25, 0.3) is 0 Å². The fraction of sp³-hybridized carbons (Fsp3) is 0.444. The Morgan fingerprint density at radius 3 is 2.24 bits per heavy atom. The molecule has 3 rings (SSSR count). The van der Waals surface area contributed by atoms with Crippen LogP contribution in [0.1, 0.15) is 44.7 Å². The van der Waals surface area contributed by atoms with Crippen LogP contribution in [-0.2, 0) is 32.1 Å². The van der Waals surface area contributed by atoms with Crippen molar-refractivity contribution in [1.82, 2.24) is 5.32 Å². The quantitative estimate of drug-likeness (QED) is 0.541. The van der Waals surface area contributed by atoms with Crippen LogP contribution in [0.2, 0.25) is 0 Å². The summed E-state index contributed by atoms with van der Waals surface area (Å²) in [5.74, 6) is -1.60. The second kappa shape index (κ2) is 10.3. The first kappa shape index (κ1) is 25.3. The van der Waals surface area contributed by atoms with Crippen LogP contribution < -0.4 is 10.1 Å². The predicted molar refractivity (Wildman–Crippen MR) is 127 cm³/mol. The number of nitrogens with one attached hydrogen (secondary N) is 1. The van der Waals surface area contributed by atoms with E-state index in [1.165, 1.54) is 7.11 Å². The fourth-order valence-electron chi connectivity index (χ4n) is 4.65. The number of hydrogen-bond acceptors (Lipinski definition) is 5. The zero-order chi connectivity index (χ0) is 24.9. The molecule has 0 radical (unpaired) electrons. The Hall–Kier alpha value is -3.35. The number of rotatable bonds is 9. The van der Waals surface area contributed by atoms with Crippen molar-refractivity contribution in [3.63, 3.8) is 0 Å². The van der Waals surface area contributed by atoms with Gasteiger partial charge in [-0.15, -0.1) is 0 Å². The van der Waals surface area contributed by atoms with E-state index in [1.54, 1.807) is 20.8 Å². The van der Waals surface area contributed by atoms with E-state index in [-0.39, 0.29) is 12.3 Å². The lowest BCUT2D eigenvalue weighted by Gasteiger charge is -2.38. The molecule has 1 saturated carbocycles. The Morgan fingerprint density at radius 2 is 1.68 bits per heavy atom. The van der Waals surface area contributed by atoms with Crippen molar-refractivity contribution in [2.24, 2.45) is 16.7 Å². The van der Waals surface area contributed by atoms with Crippen LogP contribution in [0.25, 0.3) is 0 Å². The maximum absolute atomic E-state index is 13.1. The van der Waals surface area contributed by atoms with Gasteiger partial charge in [0.15, 0.2) is 0 Å². The molecule has 3 atom stereocenters. The van der Waals surface area contributed by atoms with Crippen LogP contribution in [0, 0.1) is 16.7 Å². The fourth-order valence-corrected chi connectivity index (χ4v) is 4.65. The summed E-state index contributed by atoms with van der Waals surface area (Å²) in [6.45, 7) is 5.74. The molecule has 1 aliphatic carbocycles. The number of carbonyl (C=O) groups excluding carboxylic acids is 2. The lowest BCUT2D eigenvalue weighted by atomic mass is 9.65. The minimum absolute atomic E-state index is 0.251. The van der Waals surface area contributed by atoms with Gasteiger partial charge >= 0.3 is 11.9 Å². The summed E-state index contributed by atoms with van der Waals surface area (Å²) in [5.41, 5.74) is 0.129. The van der Waals surface area contributed by atoms with Gasteiger partial charge < -0.3 is 19.9 Å². The number of ether oxygens (including phenoxy) is 2. The molecule has 0 spiro atoms. The van der Waals surface area contributed by atoms with Gasteiger partial charge in [0.2, 0.25) is 5.91 Å². The third kappa shape index (κ3) is 5.24. The minimum atomic E-state index is -1.01. The summed E-state index contributed by atoms with van der Waals surface area (Å²) in [5, 5.41) is 12.5. The summed E-state index contributed by atoms with van der Waals surface area (Å²) >= 11 is 0. The highest BCUT2D eigenvalue weighted by molar-refractivity contribution is 5.88. The van der Waals surface area contributed by atoms with Gasteiger partial charge in [-0.3, -0.25) is 9.59 Å². The molecule has 1 aliphatic rings. The molecule has 0 bridgehead atoms. The predicted octanol–water partition coefficient (Wildman–Crippen LogP) is 3.99. The molecule has 3 unspecified atom stereocenters. The lowest BCUT2D eigenvalue weighted by molar-refractivity contribution is -0.156. The number of carboxylic acid groups (broad SMARTS) is 1. The zero-order valence-electron chi connectivity index (χ0n) is 20.2. The van der Waals surface area contributed by atoms with E-state index < -0.39 is 34.7 Å². The van der Waals surface area contributed by atoms with Gasteiger partial charge in [-0.1, -0.05) is 56.3 Å². The summed E-state index contributed by atoms with van der Waals surface area (Å²) in [6, 6.07) is 16.3. The third-order valence-corrected chi connectivity index (χ3v) is 7.43. The Kier molecular flexibility index (Phi) is 7.64. The van der Waals surface area contributed by atoms with Crippen molar-refractivity contribution in [3.8, 4) is 5.75 Å². The molecular formula is C27H33NO6. The van der Waals surface area contributed by atoms with Crippen LogP contribution in [-0.4, -0.2) is 36.1 Å². The third-order valence-electron chi connectivity index (χ3n) is 7.43. The van der Waals surface area contributed by atoms with Gasteiger partial charge in [0, 0.05) is 12.3 Å². The number of esters is 1. The van der Waals surface area contributed by atoms with Gasteiger partial charge in [-0.25, -0.2) is 4.79 Å². The second-order valence-corrected chi connectivity index (χ2v) is 9.66. The average molecular weight is 468 g/mol. The molecular weight excluding hydrogens is 434 g/mol. The molecule has 0 heterocycles. The van der Waals surface area contributed by atoms with Crippen molar-refractivity contribution in [1.29, 1.82) is 0 Å². The molecule has 2 aromatic rings. The molecule has 2 N–H and O–H groups in total. The van der Waals surface area contributed by atoms with E-state index in [1.807, 2.05) is 54.6 Å². The van der Waals surface area contributed by atoms with Gasteiger partial charge in [-0.2, -0.15) is 0 Å². The topological polar surface area (TPSA) is 102 Å². The van der Waals surface area contributed by atoms with E-state index in [0.29, 0.717) is 25.2 Å². The monoisotopic (exact) mass is 467 g/mol. The molecule has 182 valence electrons. The number of amides is 1. The number of carbonyl (C=O) groups is 3. The van der Waals surface area contributed by atoms with Crippen molar-refractivity contribution < 1.29 is 29.0 Å². The van der Waals surface area contributed by atoms with Crippen LogP contribution in [0.4, 0.5) is 0 Å². The molecule has 0 aliphatic heterocycles. The maximum atomic E-state index is 13.1. The SMILES string of the molecule is COC(=O)C(Cc1ccc(OCc2ccccc2)cc1)NC(=O)C1CCC(C)(C(=O)O)C1(C)C. The molecule has 1 amide bonds. The highest BCUT2D eigenvalue weighted by Gasteiger charge is 2.58. The number of benzene rings is 2. The Balaban J connectivity index is 1.65. The largest absolute Gasteiger partial charge is 0.489 e. The molecule has 34 heavy (non-hydrogen) atoms. The number of carboxylic acids is 1. The molecule has 2 aromatic carbocycles. The van der Waals surface area contributed by atoms with Crippen molar-refractivity contribution in [2.45, 2.75) is 52.7 Å². The first-order valence-corrected chi connectivity index (χ1v) is 11.5. The summed E-state index contributed by atoms with van der Waals surface area (Å²) in [6.07, 6.45) is 1.10. The summed E-state index contributed by atoms with van der Waals surface area (Å²) < 4.78 is 10.7.